The molecular weight excluding hydrogens is 344 g/mol. The van der Waals surface area contributed by atoms with E-state index in [1.54, 1.807) is 24.7 Å². The van der Waals surface area contributed by atoms with E-state index in [0.717, 1.165) is 29.9 Å². The molecule has 1 aliphatic rings. The number of nitro groups is 1. The Morgan fingerprint density at radius 2 is 2.04 bits per heavy atom. The van der Waals surface area contributed by atoms with Crippen molar-refractivity contribution in [1.29, 1.82) is 0 Å². The summed E-state index contributed by atoms with van der Waals surface area (Å²) < 4.78 is 5.69. The lowest BCUT2D eigenvalue weighted by molar-refractivity contribution is -0.383. The first kappa shape index (κ1) is 17.5. The molecule has 27 heavy (non-hydrogen) atoms. The number of nitrogens with zero attached hydrogens (tertiary/aromatic N) is 3. The van der Waals surface area contributed by atoms with Crippen LogP contribution in [0.2, 0.25) is 0 Å². The largest absolute Gasteiger partial charge is 0.468 e. The van der Waals surface area contributed by atoms with Gasteiger partial charge in [-0.3, -0.25) is 20.0 Å². The van der Waals surface area contributed by atoms with E-state index in [1.165, 1.54) is 25.3 Å². The van der Waals surface area contributed by atoms with Crippen LogP contribution in [0.1, 0.15) is 31.1 Å². The van der Waals surface area contributed by atoms with E-state index >= 15 is 0 Å². The summed E-state index contributed by atoms with van der Waals surface area (Å²) in [5.41, 5.74) is 0.939. The molecule has 1 atom stereocenters. The average molecular weight is 366 g/mol. The number of non-ortho nitro benzene ring substituents is 1. The molecule has 0 spiro atoms. The molecule has 0 radical (unpaired) electrons. The molecule has 4 rings (SSSR count). The molecule has 3 aromatic rings. The predicted molar refractivity (Wildman–Crippen MR) is 104 cm³/mol. The molecule has 0 bridgehead atoms. The number of piperidine rings is 1. The smallest absolute Gasteiger partial charge is 0.278 e. The summed E-state index contributed by atoms with van der Waals surface area (Å²) in [6.07, 6.45) is 8.58. The molecule has 1 fully saturated rings. The van der Waals surface area contributed by atoms with Gasteiger partial charge in [0.2, 0.25) is 0 Å². The van der Waals surface area contributed by atoms with Crippen molar-refractivity contribution in [3.05, 3.63) is 64.9 Å². The Kier molecular flexibility index (Phi) is 5.02. The maximum absolute atomic E-state index is 11.3. The van der Waals surface area contributed by atoms with Gasteiger partial charge >= 0.3 is 0 Å². The van der Waals surface area contributed by atoms with Crippen molar-refractivity contribution >= 4 is 22.1 Å². The number of benzene rings is 1. The van der Waals surface area contributed by atoms with Crippen LogP contribution in [-0.4, -0.2) is 34.4 Å². The fraction of sp³-hybridized carbons (Fsp3) is 0.350. The highest BCUT2D eigenvalue weighted by Gasteiger charge is 2.24. The second-order valence-electron chi connectivity index (χ2n) is 6.82. The van der Waals surface area contributed by atoms with Gasteiger partial charge in [-0.2, -0.15) is 0 Å². The minimum atomic E-state index is -0.368. The number of likely N-dealkylation sites (tertiary alicyclic amines) is 1. The van der Waals surface area contributed by atoms with E-state index in [0.29, 0.717) is 11.9 Å². The van der Waals surface area contributed by atoms with Gasteiger partial charge in [0.1, 0.15) is 5.76 Å². The summed E-state index contributed by atoms with van der Waals surface area (Å²) in [7, 11) is 0. The normalized spacial score (nSPS) is 16.3. The molecule has 7 nitrogen and oxygen atoms in total. The molecule has 140 valence electrons. The van der Waals surface area contributed by atoms with Gasteiger partial charge in [-0.25, -0.2) is 0 Å². The highest BCUT2D eigenvalue weighted by molar-refractivity contribution is 5.99. The summed E-state index contributed by atoms with van der Waals surface area (Å²) in [6.45, 7) is 2.78. The molecule has 0 unspecified atom stereocenters. The molecule has 0 aliphatic carbocycles. The fourth-order valence-electron chi connectivity index (χ4n) is 3.82. The predicted octanol–water partition coefficient (Wildman–Crippen LogP) is 4.38. The number of nitro benzene ring substituents is 1. The highest BCUT2D eigenvalue weighted by Crippen LogP contribution is 2.32. The fourth-order valence-corrected chi connectivity index (χ4v) is 3.82. The van der Waals surface area contributed by atoms with Crippen LogP contribution < -0.4 is 5.32 Å². The van der Waals surface area contributed by atoms with Gasteiger partial charge in [0, 0.05) is 36.1 Å². The molecule has 0 saturated carbocycles. The lowest BCUT2D eigenvalue weighted by Gasteiger charge is -2.33. The van der Waals surface area contributed by atoms with Gasteiger partial charge in [-0.05, 0) is 50.2 Å². The van der Waals surface area contributed by atoms with Crippen LogP contribution in [0, 0.1) is 10.1 Å². The third kappa shape index (κ3) is 3.64. The SMILES string of the molecule is O=[N+]([O-])c1ccc(NC[C@@H](c2ccco2)N2CCCCC2)c2ccncc12. The van der Waals surface area contributed by atoms with Crippen LogP contribution in [0.25, 0.3) is 10.8 Å². The Balaban J connectivity index is 1.61. The van der Waals surface area contributed by atoms with Crippen LogP contribution in [0.5, 0.6) is 0 Å². The van der Waals surface area contributed by atoms with Crippen molar-refractivity contribution in [3.8, 4) is 0 Å². The Morgan fingerprint density at radius 1 is 1.19 bits per heavy atom. The zero-order valence-electron chi connectivity index (χ0n) is 15.0. The summed E-state index contributed by atoms with van der Waals surface area (Å²) in [5, 5.41) is 16.1. The molecule has 1 aromatic carbocycles. The molecule has 0 amide bonds. The Morgan fingerprint density at radius 3 is 2.78 bits per heavy atom. The number of pyridine rings is 1. The van der Waals surface area contributed by atoms with Crippen LogP contribution in [-0.2, 0) is 0 Å². The first-order valence-corrected chi connectivity index (χ1v) is 9.26. The first-order chi connectivity index (χ1) is 13.2. The topological polar surface area (TPSA) is 84.4 Å². The molecular formula is C20H22N4O3. The van der Waals surface area contributed by atoms with E-state index in [2.05, 4.69) is 15.2 Å². The number of aromatic nitrogens is 1. The van der Waals surface area contributed by atoms with E-state index in [9.17, 15) is 10.1 Å². The van der Waals surface area contributed by atoms with Crippen LogP contribution in [0.4, 0.5) is 11.4 Å². The maximum Gasteiger partial charge on any atom is 0.278 e. The highest BCUT2D eigenvalue weighted by atomic mass is 16.6. The number of nitrogens with one attached hydrogen (secondary N) is 1. The Labute approximate surface area is 157 Å². The van der Waals surface area contributed by atoms with Gasteiger partial charge in [0.25, 0.3) is 5.69 Å². The van der Waals surface area contributed by atoms with Gasteiger partial charge in [0.15, 0.2) is 0 Å². The number of rotatable bonds is 6. The molecule has 1 saturated heterocycles. The zero-order valence-corrected chi connectivity index (χ0v) is 15.0. The van der Waals surface area contributed by atoms with Crippen molar-refractivity contribution in [3.63, 3.8) is 0 Å². The van der Waals surface area contributed by atoms with Gasteiger partial charge in [-0.1, -0.05) is 6.42 Å². The lowest BCUT2D eigenvalue weighted by atomic mass is 10.1. The second-order valence-corrected chi connectivity index (χ2v) is 6.82. The number of fused-ring (bicyclic) bond motifs is 1. The number of hydrogen-bond acceptors (Lipinski definition) is 6. The monoisotopic (exact) mass is 366 g/mol. The number of furan rings is 1. The second kappa shape index (κ2) is 7.75. The molecule has 1 aliphatic heterocycles. The molecule has 7 heteroatoms. The van der Waals surface area contributed by atoms with Crippen LogP contribution in [0.3, 0.4) is 0 Å². The van der Waals surface area contributed by atoms with Gasteiger partial charge < -0.3 is 9.73 Å². The summed E-state index contributed by atoms with van der Waals surface area (Å²) in [5.74, 6) is 0.942. The van der Waals surface area contributed by atoms with Crippen molar-refractivity contribution in [2.75, 3.05) is 25.0 Å². The van der Waals surface area contributed by atoms with Crippen molar-refractivity contribution < 1.29 is 9.34 Å². The summed E-state index contributed by atoms with van der Waals surface area (Å²) in [6, 6.07) is 9.18. The summed E-state index contributed by atoms with van der Waals surface area (Å²) >= 11 is 0. The number of anilines is 1. The van der Waals surface area contributed by atoms with Gasteiger partial charge in [-0.15, -0.1) is 0 Å². The molecule has 2 aromatic heterocycles. The van der Waals surface area contributed by atoms with E-state index in [1.807, 2.05) is 18.2 Å². The van der Waals surface area contributed by atoms with E-state index < -0.39 is 0 Å². The lowest BCUT2D eigenvalue weighted by Crippen LogP contribution is -2.37. The Hall–Kier alpha value is -2.93. The zero-order chi connectivity index (χ0) is 18.6. The van der Waals surface area contributed by atoms with Crippen molar-refractivity contribution in [1.82, 2.24) is 9.88 Å². The molecule has 1 N–H and O–H groups in total. The minimum Gasteiger partial charge on any atom is -0.468 e. The third-order valence-electron chi connectivity index (χ3n) is 5.18. The average Bonchev–Trinajstić information content (AvgIpc) is 3.23. The number of hydrogen-bond donors (Lipinski definition) is 1. The summed E-state index contributed by atoms with van der Waals surface area (Å²) in [4.78, 5) is 17.4. The minimum absolute atomic E-state index is 0.0715. The van der Waals surface area contributed by atoms with Gasteiger partial charge in [0.05, 0.1) is 22.6 Å². The quantitative estimate of drug-likeness (QED) is 0.515. The maximum atomic E-state index is 11.3. The first-order valence-electron chi connectivity index (χ1n) is 9.26. The van der Waals surface area contributed by atoms with E-state index in [4.69, 9.17) is 4.42 Å². The van der Waals surface area contributed by atoms with Crippen molar-refractivity contribution in [2.24, 2.45) is 0 Å². The van der Waals surface area contributed by atoms with Crippen LogP contribution >= 0.6 is 0 Å². The Bertz CT molecular complexity index is 920. The van der Waals surface area contributed by atoms with Crippen LogP contribution in [0.15, 0.2) is 53.4 Å². The van der Waals surface area contributed by atoms with Crippen molar-refractivity contribution in [2.45, 2.75) is 25.3 Å². The molecule has 3 heterocycles. The van der Waals surface area contributed by atoms with E-state index in [-0.39, 0.29) is 16.7 Å². The third-order valence-corrected chi connectivity index (χ3v) is 5.18. The standard InChI is InChI=1S/C20H22N4O3/c25-24(26)18-7-6-17(15-8-9-21-13-16(15)18)22-14-19(20-5-4-12-27-20)23-10-2-1-3-11-23/h4-9,12-13,19,22H,1-3,10-11,14H2/t19-/m0/s1.